The Hall–Kier alpha value is -0.620. The highest BCUT2D eigenvalue weighted by molar-refractivity contribution is 7.91. The lowest BCUT2D eigenvalue weighted by molar-refractivity contribution is -0.145. The zero-order valence-electron chi connectivity index (χ0n) is 12.6. The lowest BCUT2D eigenvalue weighted by atomic mass is 10.0. The largest absolute Gasteiger partial charge is 0.465 e. The van der Waals surface area contributed by atoms with E-state index in [1.807, 2.05) is 0 Å². The second-order valence-corrected chi connectivity index (χ2v) is 7.80. The van der Waals surface area contributed by atoms with E-state index in [1.54, 1.807) is 0 Å². The highest BCUT2D eigenvalue weighted by Crippen LogP contribution is 2.14. The molecule has 20 heavy (non-hydrogen) atoms. The van der Waals surface area contributed by atoms with E-state index in [0.29, 0.717) is 19.1 Å². The molecule has 0 amide bonds. The van der Waals surface area contributed by atoms with E-state index in [2.05, 4.69) is 19.2 Å². The molecule has 118 valence electrons. The topological polar surface area (TPSA) is 72.5 Å². The second kappa shape index (κ2) is 8.62. The quantitative estimate of drug-likeness (QED) is 0.688. The number of ether oxygens (including phenoxy) is 1. The van der Waals surface area contributed by atoms with Gasteiger partial charge in [-0.1, -0.05) is 33.1 Å². The van der Waals surface area contributed by atoms with Gasteiger partial charge in [0.25, 0.3) is 0 Å². The van der Waals surface area contributed by atoms with Gasteiger partial charge in [0.05, 0.1) is 24.5 Å². The molecule has 2 unspecified atom stereocenters. The van der Waals surface area contributed by atoms with Crippen LogP contribution in [0, 0.1) is 5.92 Å². The van der Waals surface area contributed by atoms with Crippen LogP contribution in [0.2, 0.25) is 0 Å². The molecule has 1 rings (SSSR count). The Morgan fingerprint density at radius 1 is 1.40 bits per heavy atom. The van der Waals surface area contributed by atoms with Crippen LogP contribution in [0.5, 0.6) is 0 Å². The molecular formula is C14H27NO4S. The van der Waals surface area contributed by atoms with Crippen LogP contribution in [0.1, 0.15) is 46.0 Å². The van der Waals surface area contributed by atoms with Gasteiger partial charge in [-0.3, -0.25) is 4.79 Å². The predicted octanol–water partition coefficient (Wildman–Crippen LogP) is 1.52. The van der Waals surface area contributed by atoms with Crippen molar-refractivity contribution >= 4 is 15.8 Å². The Bertz CT molecular complexity index is 394. The number of esters is 1. The Kier molecular flexibility index (Phi) is 7.51. The van der Waals surface area contributed by atoms with E-state index in [1.165, 1.54) is 0 Å². The molecule has 1 saturated heterocycles. The number of hydrogen-bond acceptors (Lipinski definition) is 5. The molecule has 1 heterocycles. The first kappa shape index (κ1) is 17.4. The van der Waals surface area contributed by atoms with Crippen molar-refractivity contribution in [2.24, 2.45) is 5.92 Å². The summed E-state index contributed by atoms with van der Waals surface area (Å²) in [5, 5.41) is 3.06. The maximum Gasteiger partial charge on any atom is 0.307 e. The Morgan fingerprint density at radius 2 is 2.15 bits per heavy atom. The van der Waals surface area contributed by atoms with Gasteiger partial charge in [-0.15, -0.1) is 0 Å². The minimum Gasteiger partial charge on any atom is -0.465 e. The lowest BCUT2D eigenvalue weighted by Gasteiger charge is -2.23. The average Bonchev–Trinajstić information content (AvgIpc) is 2.37. The summed E-state index contributed by atoms with van der Waals surface area (Å²) < 4.78 is 28.3. The molecule has 5 nitrogen and oxygen atoms in total. The molecule has 0 aromatic rings. The Balaban J connectivity index is 2.29. The summed E-state index contributed by atoms with van der Waals surface area (Å²) in [6.07, 6.45) is 4.52. The van der Waals surface area contributed by atoms with Crippen molar-refractivity contribution in [3.05, 3.63) is 0 Å². The maximum atomic E-state index is 11.8. The molecule has 1 aliphatic heterocycles. The van der Waals surface area contributed by atoms with Crippen LogP contribution in [0.4, 0.5) is 0 Å². The first-order valence-electron chi connectivity index (χ1n) is 7.56. The number of carbonyl (C=O) groups excluding carboxylic acids is 1. The molecule has 1 fully saturated rings. The molecule has 6 heteroatoms. The molecule has 1 N–H and O–H groups in total. The fraction of sp³-hybridized carbons (Fsp3) is 0.929. The molecule has 0 aromatic heterocycles. The summed E-state index contributed by atoms with van der Waals surface area (Å²) >= 11 is 0. The standard InChI is InChI=1S/C14H27NO4S/c1-3-5-6-12(4-2)10-19-14(16)9-13-11-20(17,18)8-7-15-13/h12-13,15H,3-11H2,1-2H3. The number of nitrogens with one attached hydrogen (secondary N) is 1. The van der Waals surface area contributed by atoms with Crippen LogP contribution in [0.15, 0.2) is 0 Å². The van der Waals surface area contributed by atoms with Crippen molar-refractivity contribution in [1.29, 1.82) is 0 Å². The molecular weight excluding hydrogens is 278 g/mol. The van der Waals surface area contributed by atoms with E-state index in [4.69, 9.17) is 4.74 Å². The third-order valence-corrected chi connectivity index (χ3v) is 5.47. The first-order chi connectivity index (χ1) is 9.46. The van der Waals surface area contributed by atoms with Gasteiger partial charge in [0.1, 0.15) is 0 Å². The number of hydrogen-bond donors (Lipinski definition) is 1. The highest BCUT2D eigenvalue weighted by Gasteiger charge is 2.26. The zero-order valence-corrected chi connectivity index (χ0v) is 13.4. The van der Waals surface area contributed by atoms with Crippen molar-refractivity contribution in [2.75, 3.05) is 24.7 Å². The van der Waals surface area contributed by atoms with Gasteiger partial charge < -0.3 is 10.1 Å². The van der Waals surface area contributed by atoms with Crippen molar-refractivity contribution in [2.45, 2.75) is 52.0 Å². The van der Waals surface area contributed by atoms with Gasteiger partial charge in [-0.25, -0.2) is 8.42 Å². The fourth-order valence-corrected chi connectivity index (χ4v) is 3.81. The second-order valence-electron chi connectivity index (χ2n) is 5.57. The van der Waals surface area contributed by atoms with E-state index < -0.39 is 9.84 Å². The number of sulfone groups is 1. The fourth-order valence-electron chi connectivity index (χ4n) is 2.37. The molecule has 0 radical (unpaired) electrons. The minimum absolute atomic E-state index is 0.0368. The summed E-state index contributed by atoms with van der Waals surface area (Å²) in [4.78, 5) is 11.8. The van der Waals surface area contributed by atoms with Gasteiger partial charge in [0.2, 0.25) is 0 Å². The van der Waals surface area contributed by atoms with Gasteiger partial charge in [-0.2, -0.15) is 0 Å². The number of carbonyl (C=O) groups is 1. The van der Waals surface area contributed by atoms with Crippen LogP contribution in [-0.2, 0) is 19.4 Å². The van der Waals surface area contributed by atoms with Gasteiger partial charge >= 0.3 is 5.97 Å². The summed E-state index contributed by atoms with van der Waals surface area (Å²) in [6, 6.07) is -0.294. The molecule has 2 atom stereocenters. The monoisotopic (exact) mass is 305 g/mol. The van der Waals surface area contributed by atoms with Crippen LogP contribution < -0.4 is 5.32 Å². The van der Waals surface area contributed by atoms with Crippen LogP contribution >= 0.6 is 0 Å². The van der Waals surface area contributed by atoms with E-state index in [9.17, 15) is 13.2 Å². The average molecular weight is 305 g/mol. The molecule has 0 aromatic carbocycles. The third-order valence-electron chi connectivity index (χ3n) is 3.74. The molecule has 0 saturated carbocycles. The highest BCUT2D eigenvalue weighted by atomic mass is 32.2. The van der Waals surface area contributed by atoms with Crippen molar-refractivity contribution < 1.29 is 17.9 Å². The maximum absolute atomic E-state index is 11.8. The summed E-state index contributed by atoms with van der Waals surface area (Å²) in [5.74, 6) is 0.319. The van der Waals surface area contributed by atoms with Crippen molar-refractivity contribution in [3.8, 4) is 0 Å². The lowest BCUT2D eigenvalue weighted by Crippen LogP contribution is -2.46. The zero-order chi connectivity index (χ0) is 15.0. The number of unbranched alkanes of at least 4 members (excludes halogenated alkanes) is 1. The van der Waals surface area contributed by atoms with Crippen molar-refractivity contribution in [1.82, 2.24) is 5.32 Å². The van der Waals surface area contributed by atoms with Gasteiger partial charge in [-0.05, 0) is 12.3 Å². The van der Waals surface area contributed by atoms with E-state index in [0.717, 1.165) is 25.7 Å². The normalized spacial score (nSPS) is 23.2. The first-order valence-corrected chi connectivity index (χ1v) is 9.38. The van der Waals surface area contributed by atoms with Crippen LogP contribution in [-0.4, -0.2) is 45.1 Å². The molecule has 1 aliphatic rings. The third kappa shape index (κ3) is 6.70. The van der Waals surface area contributed by atoms with Gasteiger partial charge in [0, 0.05) is 12.6 Å². The molecule has 0 spiro atoms. The van der Waals surface area contributed by atoms with Gasteiger partial charge in [0.15, 0.2) is 9.84 Å². The summed E-state index contributed by atoms with van der Waals surface area (Å²) in [7, 11) is -3.00. The minimum atomic E-state index is -3.00. The smallest absolute Gasteiger partial charge is 0.307 e. The van der Waals surface area contributed by atoms with Crippen LogP contribution in [0.25, 0.3) is 0 Å². The van der Waals surface area contributed by atoms with E-state index in [-0.39, 0.29) is 29.9 Å². The van der Waals surface area contributed by atoms with Crippen LogP contribution in [0.3, 0.4) is 0 Å². The predicted molar refractivity (Wildman–Crippen MR) is 79.3 cm³/mol. The van der Waals surface area contributed by atoms with E-state index >= 15 is 0 Å². The summed E-state index contributed by atoms with van der Waals surface area (Å²) in [5.41, 5.74) is 0. The Labute approximate surface area is 122 Å². The molecule has 0 aliphatic carbocycles. The number of rotatable bonds is 8. The Morgan fingerprint density at radius 3 is 2.75 bits per heavy atom. The molecule has 0 bridgehead atoms. The van der Waals surface area contributed by atoms with Crippen molar-refractivity contribution in [3.63, 3.8) is 0 Å². The SMILES string of the molecule is CCCCC(CC)COC(=O)CC1CS(=O)(=O)CCN1. The summed E-state index contributed by atoms with van der Waals surface area (Å²) in [6.45, 7) is 5.13.